The van der Waals surface area contributed by atoms with Gasteiger partial charge in [0.1, 0.15) is 12.4 Å². The Hall–Kier alpha value is -3.18. The highest BCUT2D eigenvalue weighted by Gasteiger charge is 2.20. The number of fused-ring (bicyclic) bond motifs is 1. The average Bonchev–Trinajstić information content (AvgIpc) is 2.89. The zero-order valence-electron chi connectivity index (χ0n) is 20.0. The third-order valence-electron chi connectivity index (χ3n) is 6.12. The van der Waals surface area contributed by atoms with Gasteiger partial charge in [-0.3, -0.25) is 4.98 Å². The minimum atomic E-state index is -0.645. The number of ether oxygens (including phenoxy) is 2. The van der Waals surface area contributed by atoms with Crippen molar-refractivity contribution in [3.05, 3.63) is 89.6 Å². The van der Waals surface area contributed by atoms with Gasteiger partial charge in [0.15, 0.2) is 6.10 Å². The average molecular weight is 461 g/mol. The molecule has 5 heteroatoms. The zero-order chi connectivity index (χ0) is 23.8. The van der Waals surface area contributed by atoms with E-state index >= 15 is 0 Å². The summed E-state index contributed by atoms with van der Waals surface area (Å²) >= 11 is 0. The molecule has 34 heavy (non-hydrogen) atoms. The molecule has 0 bridgehead atoms. The number of anilines is 1. The highest BCUT2D eigenvalue weighted by atomic mass is 19.1. The molecule has 0 radical (unpaired) electrons. The van der Waals surface area contributed by atoms with Crippen LogP contribution in [0.5, 0.6) is 0 Å². The van der Waals surface area contributed by atoms with Gasteiger partial charge < -0.3 is 14.4 Å². The standard InChI is InChI=1S/C29H33FN2O2/c1-3-32(4-2)24-15-13-23(14-16-24)27-18-17-26-28(31-27)11-8-12-29(26)34-25(19-30)21-33-20-22-9-6-5-7-10-22/h5-7,9-10,12-18,25H,3-4,8,11,19-21H2,1-2H3. The van der Waals surface area contributed by atoms with Gasteiger partial charge in [-0.25, -0.2) is 4.39 Å². The van der Waals surface area contributed by atoms with Crippen molar-refractivity contribution >= 4 is 11.4 Å². The summed E-state index contributed by atoms with van der Waals surface area (Å²) in [5.74, 6) is 0.697. The van der Waals surface area contributed by atoms with Crippen LogP contribution in [0.2, 0.25) is 0 Å². The lowest BCUT2D eigenvalue weighted by atomic mass is 9.99. The fourth-order valence-electron chi connectivity index (χ4n) is 4.24. The lowest BCUT2D eigenvalue weighted by molar-refractivity contribution is 0.0162. The molecule has 178 valence electrons. The van der Waals surface area contributed by atoms with Gasteiger partial charge in [0.05, 0.1) is 24.6 Å². The number of hydrogen-bond acceptors (Lipinski definition) is 4. The molecule has 1 aliphatic rings. The van der Waals surface area contributed by atoms with E-state index < -0.39 is 12.8 Å². The number of alkyl halides is 1. The minimum Gasteiger partial charge on any atom is -0.485 e. The largest absolute Gasteiger partial charge is 0.485 e. The molecule has 0 amide bonds. The Morgan fingerprint density at radius 3 is 2.44 bits per heavy atom. The van der Waals surface area contributed by atoms with Gasteiger partial charge >= 0.3 is 0 Å². The Labute approximate surface area is 202 Å². The summed E-state index contributed by atoms with van der Waals surface area (Å²) in [7, 11) is 0. The lowest BCUT2D eigenvalue weighted by Gasteiger charge is -2.23. The number of nitrogens with zero attached hydrogens (tertiary/aromatic N) is 2. The third kappa shape index (κ3) is 5.84. The van der Waals surface area contributed by atoms with E-state index in [1.165, 1.54) is 5.69 Å². The molecule has 1 aliphatic carbocycles. The number of rotatable bonds is 11. The molecule has 0 fully saturated rings. The van der Waals surface area contributed by atoms with Gasteiger partial charge in [-0.05, 0) is 62.6 Å². The predicted octanol–water partition coefficient (Wildman–Crippen LogP) is 6.45. The predicted molar refractivity (Wildman–Crippen MR) is 136 cm³/mol. The van der Waals surface area contributed by atoms with Crippen LogP contribution in [0.4, 0.5) is 10.1 Å². The molecule has 1 unspecified atom stereocenters. The number of pyridine rings is 1. The highest BCUT2D eigenvalue weighted by Crippen LogP contribution is 2.30. The van der Waals surface area contributed by atoms with Gasteiger partial charge in [0.25, 0.3) is 0 Å². The Morgan fingerprint density at radius 2 is 1.74 bits per heavy atom. The van der Waals surface area contributed by atoms with Crippen LogP contribution >= 0.6 is 0 Å². The molecular formula is C29H33FN2O2. The van der Waals surface area contributed by atoms with E-state index in [0.717, 1.165) is 54.0 Å². The van der Waals surface area contributed by atoms with E-state index in [0.29, 0.717) is 12.4 Å². The summed E-state index contributed by atoms with van der Waals surface area (Å²) in [6.45, 7) is 6.33. The molecule has 3 aromatic rings. The molecular weight excluding hydrogens is 427 g/mol. The van der Waals surface area contributed by atoms with E-state index in [9.17, 15) is 4.39 Å². The molecule has 2 aromatic carbocycles. The molecule has 1 heterocycles. The van der Waals surface area contributed by atoms with Crippen LogP contribution in [0, 0.1) is 0 Å². The minimum absolute atomic E-state index is 0.197. The van der Waals surface area contributed by atoms with Crippen LogP contribution in [-0.4, -0.2) is 37.5 Å². The second kappa shape index (κ2) is 11.8. The van der Waals surface area contributed by atoms with Crippen molar-refractivity contribution < 1.29 is 13.9 Å². The van der Waals surface area contributed by atoms with E-state index in [-0.39, 0.29) is 6.61 Å². The van der Waals surface area contributed by atoms with Gasteiger partial charge in [-0.15, -0.1) is 0 Å². The second-order valence-electron chi connectivity index (χ2n) is 8.41. The van der Waals surface area contributed by atoms with Crippen LogP contribution < -0.4 is 4.90 Å². The molecule has 4 rings (SSSR count). The van der Waals surface area contributed by atoms with Gasteiger partial charge in [0.2, 0.25) is 0 Å². The normalized spacial score (nSPS) is 13.7. The van der Waals surface area contributed by atoms with Crippen LogP contribution in [0.15, 0.2) is 72.8 Å². The SMILES string of the molecule is CCN(CC)c1ccc(-c2ccc3c(n2)CCC=C3OC(CF)COCc2ccccc2)cc1. The number of benzene rings is 2. The number of halogens is 1. The second-order valence-corrected chi connectivity index (χ2v) is 8.41. The number of allylic oxidation sites excluding steroid dienone is 1. The first-order chi connectivity index (χ1) is 16.7. The first-order valence-electron chi connectivity index (χ1n) is 12.1. The third-order valence-corrected chi connectivity index (χ3v) is 6.12. The summed E-state index contributed by atoms with van der Waals surface area (Å²) in [5, 5.41) is 0. The summed E-state index contributed by atoms with van der Waals surface area (Å²) in [6.07, 6.45) is 3.05. The number of hydrogen-bond donors (Lipinski definition) is 0. The van der Waals surface area contributed by atoms with Gasteiger partial charge in [-0.1, -0.05) is 42.5 Å². The summed E-state index contributed by atoms with van der Waals surface area (Å²) in [4.78, 5) is 7.25. The Kier molecular flexibility index (Phi) is 8.31. The van der Waals surface area contributed by atoms with E-state index in [1.54, 1.807) is 0 Å². The first kappa shape index (κ1) is 24.0. The van der Waals surface area contributed by atoms with E-state index in [4.69, 9.17) is 14.5 Å². The Morgan fingerprint density at radius 1 is 0.971 bits per heavy atom. The van der Waals surface area contributed by atoms with E-state index in [1.807, 2.05) is 48.5 Å². The number of aryl methyl sites for hydroxylation is 1. The molecule has 0 saturated carbocycles. The van der Waals surface area contributed by atoms with Crippen molar-refractivity contribution in [3.63, 3.8) is 0 Å². The van der Waals surface area contributed by atoms with E-state index in [2.05, 4.69) is 43.0 Å². The van der Waals surface area contributed by atoms with Crippen molar-refractivity contribution in [1.29, 1.82) is 0 Å². The monoisotopic (exact) mass is 460 g/mol. The zero-order valence-corrected chi connectivity index (χ0v) is 20.0. The summed E-state index contributed by atoms with van der Waals surface area (Å²) in [6, 6.07) is 22.5. The Balaban J connectivity index is 1.42. The molecule has 0 N–H and O–H groups in total. The fourth-order valence-corrected chi connectivity index (χ4v) is 4.24. The van der Waals surface area contributed by atoms with Crippen molar-refractivity contribution in [2.75, 3.05) is 31.3 Å². The summed E-state index contributed by atoms with van der Waals surface area (Å²) < 4.78 is 25.4. The van der Waals surface area contributed by atoms with Crippen LogP contribution in [0.25, 0.3) is 17.0 Å². The number of aromatic nitrogens is 1. The maximum atomic E-state index is 13.7. The Bertz CT molecular complexity index is 1080. The summed E-state index contributed by atoms with van der Waals surface area (Å²) in [5.41, 5.74) is 6.24. The molecule has 0 spiro atoms. The van der Waals surface area contributed by atoms with Gasteiger partial charge in [0, 0.05) is 29.9 Å². The molecule has 0 saturated heterocycles. The van der Waals surface area contributed by atoms with Gasteiger partial charge in [-0.2, -0.15) is 0 Å². The highest BCUT2D eigenvalue weighted by molar-refractivity contribution is 5.69. The van der Waals surface area contributed by atoms with Crippen LogP contribution in [0.1, 0.15) is 37.1 Å². The van der Waals surface area contributed by atoms with Crippen molar-refractivity contribution in [2.24, 2.45) is 0 Å². The first-order valence-corrected chi connectivity index (χ1v) is 12.1. The fraction of sp³-hybridized carbons (Fsp3) is 0.345. The maximum Gasteiger partial charge on any atom is 0.150 e. The molecule has 1 atom stereocenters. The molecule has 1 aromatic heterocycles. The quantitative estimate of drug-likeness (QED) is 0.329. The molecule has 0 aliphatic heterocycles. The van der Waals surface area contributed by atoms with Crippen molar-refractivity contribution in [2.45, 2.75) is 39.4 Å². The van der Waals surface area contributed by atoms with Crippen LogP contribution in [-0.2, 0) is 22.5 Å². The van der Waals surface area contributed by atoms with Crippen LogP contribution in [0.3, 0.4) is 0 Å². The van der Waals surface area contributed by atoms with Crippen molar-refractivity contribution in [3.8, 4) is 11.3 Å². The maximum absolute atomic E-state index is 13.7. The smallest absolute Gasteiger partial charge is 0.150 e. The van der Waals surface area contributed by atoms with Crippen molar-refractivity contribution in [1.82, 2.24) is 4.98 Å². The molecule has 4 nitrogen and oxygen atoms in total. The topological polar surface area (TPSA) is 34.6 Å². The lowest BCUT2D eigenvalue weighted by Crippen LogP contribution is -2.22.